The van der Waals surface area contributed by atoms with Crippen LogP contribution in [0.15, 0.2) is 54.6 Å². The molecule has 0 bridgehead atoms. The molecular formula is C18H20FN3O2. The van der Waals surface area contributed by atoms with Gasteiger partial charge in [0.1, 0.15) is 11.9 Å². The molecule has 4 N–H and O–H groups in total. The van der Waals surface area contributed by atoms with Crippen molar-refractivity contribution in [1.29, 1.82) is 0 Å². The van der Waals surface area contributed by atoms with Crippen molar-refractivity contribution >= 4 is 11.9 Å². The van der Waals surface area contributed by atoms with Gasteiger partial charge >= 0.3 is 6.03 Å². The maximum Gasteiger partial charge on any atom is 0.312 e. The minimum absolute atomic E-state index is 0.390. The first-order valence-electron chi connectivity index (χ1n) is 7.62. The molecule has 0 aliphatic rings. The third-order valence-electron chi connectivity index (χ3n) is 3.63. The molecule has 0 spiro atoms. The van der Waals surface area contributed by atoms with E-state index >= 15 is 0 Å². The molecule has 2 aromatic rings. The van der Waals surface area contributed by atoms with Gasteiger partial charge in [0.25, 0.3) is 0 Å². The summed E-state index contributed by atoms with van der Waals surface area (Å²) >= 11 is 0. The predicted octanol–water partition coefficient (Wildman–Crippen LogP) is 2.28. The highest BCUT2D eigenvalue weighted by atomic mass is 19.1. The molecule has 0 radical (unpaired) electrons. The van der Waals surface area contributed by atoms with Gasteiger partial charge in [-0.15, -0.1) is 0 Å². The molecule has 5 nitrogen and oxygen atoms in total. The van der Waals surface area contributed by atoms with Crippen LogP contribution in [0.2, 0.25) is 0 Å². The van der Waals surface area contributed by atoms with Crippen LogP contribution in [0.1, 0.15) is 24.1 Å². The third-order valence-corrected chi connectivity index (χ3v) is 3.63. The van der Waals surface area contributed by atoms with Crippen molar-refractivity contribution in [2.75, 3.05) is 0 Å². The van der Waals surface area contributed by atoms with Crippen molar-refractivity contribution in [2.24, 2.45) is 5.73 Å². The van der Waals surface area contributed by atoms with Crippen LogP contribution in [0, 0.1) is 5.82 Å². The Morgan fingerprint density at radius 3 is 2.29 bits per heavy atom. The van der Waals surface area contributed by atoms with Gasteiger partial charge in [-0.05, 0) is 25.0 Å². The van der Waals surface area contributed by atoms with E-state index in [1.165, 1.54) is 13.0 Å². The number of halogens is 1. The summed E-state index contributed by atoms with van der Waals surface area (Å²) in [5.74, 6) is -0.827. The summed E-state index contributed by atoms with van der Waals surface area (Å²) in [6, 6.07) is 13.6. The summed E-state index contributed by atoms with van der Waals surface area (Å²) in [5, 5.41) is 5.09. The first kappa shape index (κ1) is 17.5. The van der Waals surface area contributed by atoms with Crippen molar-refractivity contribution in [3.8, 4) is 0 Å². The van der Waals surface area contributed by atoms with Crippen molar-refractivity contribution in [1.82, 2.24) is 10.6 Å². The smallest absolute Gasteiger partial charge is 0.312 e. The Morgan fingerprint density at radius 2 is 1.67 bits per heavy atom. The molecule has 2 atom stereocenters. The maximum absolute atomic E-state index is 14.2. The molecule has 0 saturated carbocycles. The molecule has 0 aliphatic carbocycles. The lowest BCUT2D eigenvalue weighted by molar-refractivity contribution is -0.123. The van der Waals surface area contributed by atoms with Gasteiger partial charge in [-0.1, -0.05) is 48.5 Å². The van der Waals surface area contributed by atoms with Gasteiger partial charge in [0.05, 0.1) is 6.04 Å². The van der Waals surface area contributed by atoms with Crippen LogP contribution >= 0.6 is 0 Å². The molecule has 3 amide bonds. The van der Waals surface area contributed by atoms with Crippen LogP contribution in [0.5, 0.6) is 0 Å². The first-order valence-corrected chi connectivity index (χ1v) is 7.62. The van der Waals surface area contributed by atoms with Crippen LogP contribution in [0.4, 0.5) is 9.18 Å². The quantitative estimate of drug-likeness (QED) is 0.759. The number of carbonyl (C=O) groups is 2. The second-order valence-electron chi connectivity index (χ2n) is 5.50. The molecule has 2 aromatic carbocycles. The van der Waals surface area contributed by atoms with Gasteiger partial charge in [0.2, 0.25) is 5.91 Å². The molecule has 126 valence electrons. The molecule has 0 heterocycles. The zero-order valence-corrected chi connectivity index (χ0v) is 13.3. The lowest BCUT2D eigenvalue weighted by Crippen LogP contribution is -2.48. The van der Waals surface area contributed by atoms with Gasteiger partial charge in [-0.3, -0.25) is 4.79 Å². The number of benzene rings is 2. The first-order chi connectivity index (χ1) is 11.5. The van der Waals surface area contributed by atoms with E-state index in [0.29, 0.717) is 12.0 Å². The van der Waals surface area contributed by atoms with Gasteiger partial charge in [0.15, 0.2) is 0 Å². The number of rotatable bonds is 6. The van der Waals surface area contributed by atoms with Crippen LogP contribution in [-0.4, -0.2) is 18.0 Å². The summed E-state index contributed by atoms with van der Waals surface area (Å²) in [7, 11) is 0. The topological polar surface area (TPSA) is 84.2 Å². The summed E-state index contributed by atoms with van der Waals surface area (Å²) in [5.41, 5.74) is 6.38. The number of nitrogens with one attached hydrogen (secondary N) is 2. The van der Waals surface area contributed by atoms with Crippen molar-refractivity contribution in [3.63, 3.8) is 0 Å². The zero-order chi connectivity index (χ0) is 17.5. The number of nitrogens with two attached hydrogens (primary N) is 1. The number of amides is 3. The Balaban J connectivity index is 2.21. The molecule has 0 saturated heterocycles. The summed E-state index contributed by atoms with van der Waals surface area (Å²) in [4.78, 5) is 23.1. The molecule has 0 unspecified atom stereocenters. The van der Waals surface area contributed by atoms with Crippen LogP contribution in [0.25, 0.3) is 0 Å². The second kappa shape index (κ2) is 8.10. The highest BCUT2D eigenvalue weighted by Gasteiger charge is 2.22. The molecule has 0 aromatic heterocycles. The minimum Gasteiger partial charge on any atom is -0.352 e. The van der Waals surface area contributed by atoms with E-state index in [0.717, 1.165) is 5.56 Å². The lowest BCUT2D eigenvalue weighted by atomic mass is 9.98. The summed E-state index contributed by atoms with van der Waals surface area (Å²) < 4.78 is 14.2. The van der Waals surface area contributed by atoms with E-state index in [4.69, 9.17) is 5.73 Å². The number of primary amides is 1. The van der Waals surface area contributed by atoms with Crippen LogP contribution in [-0.2, 0) is 11.2 Å². The van der Waals surface area contributed by atoms with Crippen molar-refractivity contribution in [3.05, 3.63) is 71.5 Å². The standard InChI is InChI=1S/C18H20FN3O2/c1-12(21-18(20)24)17(23)22-16(11-13-7-3-2-4-8-13)14-9-5-6-10-15(14)19/h2-10,12,16H,11H2,1H3,(H,22,23)(H3,20,21,24)/t12-,16+/m0/s1. The highest BCUT2D eigenvalue weighted by Crippen LogP contribution is 2.21. The fourth-order valence-corrected chi connectivity index (χ4v) is 2.42. The van der Waals surface area contributed by atoms with E-state index in [2.05, 4.69) is 10.6 Å². The van der Waals surface area contributed by atoms with Crippen LogP contribution in [0.3, 0.4) is 0 Å². The summed E-state index contributed by atoms with van der Waals surface area (Å²) in [6.45, 7) is 1.51. The van der Waals surface area contributed by atoms with E-state index in [1.54, 1.807) is 18.2 Å². The van der Waals surface area contributed by atoms with Crippen molar-refractivity contribution < 1.29 is 14.0 Å². The highest BCUT2D eigenvalue weighted by molar-refractivity contribution is 5.86. The Morgan fingerprint density at radius 1 is 1.04 bits per heavy atom. The SMILES string of the molecule is C[C@H](NC(N)=O)C(=O)N[C@H](Cc1ccccc1)c1ccccc1F. The lowest BCUT2D eigenvalue weighted by Gasteiger charge is -2.22. The number of urea groups is 1. The Hall–Kier alpha value is -2.89. The molecule has 2 rings (SSSR count). The van der Waals surface area contributed by atoms with E-state index in [9.17, 15) is 14.0 Å². The Bertz CT molecular complexity index is 706. The monoisotopic (exact) mass is 329 g/mol. The summed E-state index contributed by atoms with van der Waals surface area (Å²) in [6.07, 6.45) is 0.427. The van der Waals surface area contributed by atoms with E-state index in [1.807, 2.05) is 30.3 Å². The normalized spacial score (nSPS) is 12.9. The number of hydrogen-bond donors (Lipinski definition) is 3. The Kier molecular flexibility index (Phi) is 5.89. The van der Waals surface area contributed by atoms with Gasteiger partial charge in [0, 0.05) is 5.56 Å². The molecule has 0 aliphatic heterocycles. The Labute approximate surface area is 140 Å². The maximum atomic E-state index is 14.2. The largest absolute Gasteiger partial charge is 0.352 e. The molecule has 0 fully saturated rings. The number of hydrogen-bond acceptors (Lipinski definition) is 2. The average Bonchev–Trinajstić information content (AvgIpc) is 2.55. The second-order valence-corrected chi connectivity index (χ2v) is 5.50. The average molecular weight is 329 g/mol. The number of carbonyl (C=O) groups excluding carboxylic acids is 2. The van der Waals surface area contributed by atoms with Crippen molar-refractivity contribution in [2.45, 2.75) is 25.4 Å². The van der Waals surface area contributed by atoms with Gasteiger partial charge in [-0.2, -0.15) is 0 Å². The van der Waals surface area contributed by atoms with Crippen LogP contribution < -0.4 is 16.4 Å². The van der Waals surface area contributed by atoms with E-state index in [-0.39, 0.29) is 0 Å². The van der Waals surface area contributed by atoms with Gasteiger partial charge in [-0.25, -0.2) is 9.18 Å². The fourth-order valence-electron chi connectivity index (χ4n) is 2.42. The van der Waals surface area contributed by atoms with Gasteiger partial charge < -0.3 is 16.4 Å². The molecule has 24 heavy (non-hydrogen) atoms. The molecule has 6 heteroatoms. The minimum atomic E-state index is -0.812. The molecular weight excluding hydrogens is 309 g/mol. The van der Waals surface area contributed by atoms with E-state index < -0.39 is 29.8 Å². The third kappa shape index (κ3) is 4.81. The zero-order valence-electron chi connectivity index (χ0n) is 13.3. The predicted molar refractivity (Wildman–Crippen MR) is 89.6 cm³/mol. The fraction of sp³-hybridized carbons (Fsp3) is 0.222.